The van der Waals surface area contributed by atoms with Gasteiger partial charge in [-0.05, 0) is 18.1 Å². The molecule has 0 radical (unpaired) electrons. The van der Waals surface area contributed by atoms with E-state index in [9.17, 15) is 22.4 Å². The van der Waals surface area contributed by atoms with E-state index >= 15 is 0 Å². The monoisotopic (exact) mass is 216 g/mol. The standard InChI is InChI=1S/C10H4F4O/c11-9-7(4-2-6-15)3-1-5-8(9)10(12,13)14/h1,3,5-6H. The molecular formula is C10H4F4O. The second-order valence-electron chi connectivity index (χ2n) is 2.55. The van der Waals surface area contributed by atoms with Crippen LogP contribution in [0, 0.1) is 17.7 Å². The number of carbonyl (C=O) groups excluding carboxylic acids is 1. The van der Waals surface area contributed by atoms with Gasteiger partial charge in [0.25, 0.3) is 0 Å². The largest absolute Gasteiger partial charge is 0.419 e. The number of aldehydes is 1. The van der Waals surface area contributed by atoms with Crippen molar-refractivity contribution < 1.29 is 22.4 Å². The average molecular weight is 216 g/mol. The first-order valence-corrected chi connectivity index (χ1v) is 3.77. The minimum absolute atomic E-state index is 0.180. The molecule has 78 valence electrons. The lowest BCUT2D eigenvalue weighted by Crippen LogP contribution is -2.08. The molecule has 0 aliphatic rings. The van der Waals surface area contributed by atoms with Crippen LogP contribution in [0.2, 0.25) is 0 Å². The van der Waals surface area contributed by atoms with Gasteiger partial charge in [0, 0.05) is 0 Å². The molecule has 0 amide bonds. The number of alkyl halides is 3. The summed E-state index contributed by atoms with van der Waals surface area (Å²) >= 11 is 0. The fraction of sp³-hybridized carbons (Fsp3) is 0.100. The van der Waals surface area contributed by atoms with Gasteiger partial charge in [0.15, 0.2) is 12.1 Å². The van der Waals surface area contributed by atoms with Gasteiger partial charge in [-0.3, -0.25) is 4.79 Å². The maximum Gasteiger partial charge on any atom is 0.419 e. The van der Waals surface area contributed by atoms with Crippen molar-refractivity contribution in [1.29, 1.82) is 0 Å². The summed E-state index contributed by atoms with van der Waals surface area (Å²) in [6.45, 7) is 0. The summed E-state index contributed by atoms with van der Waals surface area (Å²) in [5.74, 6) is 2.37. The first kappa shape index (κ1) is 11.2. The Morgan fingerprint density at radius 2 is 1.93 bits per heavy atom. The summed E-state index contributed by atoms with van der Waals surface area (Å²) in [6.07, 6.45) is -4.58. The average Bonchev–Trinajstić information content (AvgIpc) is 2.14. The molecule has 1 aromatic rings. The van der Waals surface area contributed by atoms with Crippen molar-refractivity contribution >= 4 is 6.29 Å². The van der Waals surface area contributed by atoms with Crippen molar-refractivity contribution in [1.82, 2.24) is 0 Å². The van der Waals surface area contributed by atoms with E-state index in [4.69, 9.17) is 0 Å². The van der Waals surface area contributed by atoms with Crippen LogP contribution in [0.3, 0.4) is 0 Å². The maximum absolute atomic E-state index is 13.2. The second kappa shape index (κ2) is 4.13. The quantitative estimate of drug-likeness (QED) is 0.369. The molecule has 0 atom stereocenters. The molecule has 1 nitrogen and oxygen atoms in total. The van der Waals surface area contributed by atoms with Crippen LogP contribution in [0.1, 0.15) is 11.1 Å². The van der Waals surface area contributed by atoms with E-state index in [0.29, 0.717) is 6.07 Å². The predicted molar refractivity (Wildman–Crippen MR) is 44.3 cm³/mol. The third kappa shape index (κ3) is 2.56. The molecule has 0 spiro atoms. The summed E-state index contributed by atoms with van der Waals surface area (Å²) in [5.41, 5.74) is -1.84. The lowest BCUT2D eigenvalue weighted by Gasteiger charge is -2.07. The van der Waals surface area contributed by atoms with E-state index < -0.39 is 23.1 Å². The van der Waals surface area contributed by atoms with Gasteiger partial charge in [-0.1, -0.05) is 12.0 Å². The van der Waals surface area contributed by atoms with Gasteiger partial charge >= 0.3 is 6.18 Å². The highest BCUT2D eigenvalue weighted by Crippen LogP contribution is 2.32. The smallest absolute Gasteiger partial charge is 0.289 e. The highest BCUT2D eigenvalue weighted by atomic mass is 19.4. The van der Waals surface area contributed by atoms with Crippen molar-refractivity contribution in [2.45, 2.75) is 6.18 Å². The Morgan fingerprint density at radius 1 is 1.27 bits per heavy atom. The van der Waals surface area contributed by atoms with Crippen LogP contribution in [0.4, 0.5) is 17.6 Å². The molecule has 0 aromatic heterocycles. The second-order valence-corrected chi connectivity index (χ2v) is 2.55. The summed E-state index contributed by atoms with van der Waals surface area (Å²) in [4.78, 5) is 9.85. The van der Waals surface area contributed by atoms with E-state index in [1.54, 1.807) is 0 Å². The van der Waals surface area contributed by atoms with Crippen LogP contribution in [-0.4, -0.2) is 6.29 Å². The molecule has 0 aliphatic heterocycles. The molecule has 0 aliphatic carbocycles. The molecule has 15 heavy (non-hydrogen) atoms. The van der Waals surface area contributed by atoms with Crippen molar-refractivity contribution in [2.75, 3.05) is 0 Å². The fourth-order valence-corrected chi connectivity index (χ4v) is 0.955. The van der Waals surface area contributed by atoms with Crippen LogP contribution >= 0.6 is 0 Å². The maximum atomic E-state index is 13.2. The lowest BCUT2D eigenvalue weighted by molar-refractivity contribution is -0.140. The summed E-state index contributed by atoms with van der Waals surface area (Å²) in [5, 5.41) is 0. The molecule has 0 unspecified atom stereocenters. The molecule has 0 saturated carbocycles. The van der Waals surface area contributed by atoms with Crippen molar-refractivity contribution in [2.24, 2.45) is 0 Å². The fourth-order valence-electron chi connectivity index (χ4n) is 0.955. The number of benzene rings is 1. The zero-order valence-electron chi connectivity index (χ0n) is 7.23. The van der Waals surface area contributed by atoms with E-state index in [1.165, 1.54) is 0 Å². The van der Waals surface area contributed by atoms with Crippen LogP contribution in [0.25, 0.3) is 0 Å². The Hall–Kier alpha value is -1.83. The Bertz CT molecular complexity index is 437. The predicted octanol–water partition coefficient (Wildman–Crippen LogP) is 2.39. The van der Waals surface area contributed by atoms with Gasteiger partial charge < -0.3 is 0 Å². The van der Waals surface area contributed by atoms with Gasteiger partial charge in [-0.25, -0.2) is 4.39 Å². The molecule has 0 N–H and O–H groups in total. The number of carbonyl (C=O) groups is 1. The van der Waals surface area contributed by atoms with Crippen molar-refractivity contribution in [3.05, 3.63) is 35.1 Å². The normalized spacial score (nSPS) is 10.4. The van der Waals surface area contributed by atoms with Crippen LogP contribution in [0.5, 0.6) is 0 Å². The third-order valence-electron chi connectivity index (χ3n) is 1.57. The molecular weight excluding hydrogens is 212 g/mol. The van der Waals surface area contributed by atoms with E-state index in [-0.39, 0.29) is 6.29 Å². The number of hydrogen-bond donors (Lipinski definition) is 0. The molecule has 0 bridgehead atoms. The van der Waals surface area contributed by atoms with Gasteiger partial charge in [0.05, 0.1) is 11.1 Å². The third-order valence-corrected chi connectivity index (χ3v) is 1.57. The van der Waals surface area contributed by atoms with E-state index in [1.807, 2.05) is 11.8 Å². The highest BCUT2D eigenvalue weighted by Gasteiger charge is 2.34. The van der Waals surface area contributed by atoms with Crippen LogP contribution < -0.4 is 0 Å². The molecule has 0 fully saturated rings. The minimum atomic E-state index is -4.76. The molecule has 0 heterocycles. The summed E-state index contributed by atoms with van der Waals surface area (Å²) < 4.78 is 49.7. The topological polar surface area (TPSA) is 17.1 Å². The highest BCUT2D eigenvalue weighted by molar-refractivity contribution is 5.74. The SMILES string of the molecule is O=CC#Cc1cccc(C(F)(F)F)c1F. The number of rotatable bonds is 0. The van der Waals surface area contributed by atoms with Crippen molar-refractivity contribution in [3.8, 4) is 11.8 Å². The lowest BCUT2D eigenvalue weighted by atomic mass is 10.1. The number of hydrogen-bond acceptors (Lipinski definition) is 1. The molecule has 0 saturated heterocycles. The minimum Gasteiger partial charge on any atom is -0.289 e. The Kier molecular flexibility index (Phi) is 3.10. The zero-order valence-corrected chi connectivity index (χ0v) is 7.23. The van der Waals surface area contributed by atoms with Crippen LogP contribution in [0.15, 0.2) is 18.2 Å². The van der Waals surface area contributed by atoms with Crippen LogP contribution in [-0.2, 0) is 11.0 Å². The van der Waals surface area contributed by atoms with Gasteiger partial charge in [0.2, 0.25) is 0 Å². The zero-order chi connectivity index (χ0) is 11.5. The number of halogens is 4. The first-order chi connectivity index (χ1) is 6.96. The van der Waals surface area contributed by atoms with Gasteiger partial charge in [0.1, 0.15) is 0 Å². The van der Waals surface area contributed by atoms with Gasteiger partial charge in [-0.2, -0.15) is 13.2 Å². The summed E-state index contributed by atoms with van der Waals surface area (Å²) in [7, 11) is 0. The molecule has 1 aromatic carbocycles. The summed E-state index contributed by atoms with van der Waals surface area (Å²) in [6, 6.07) is 2.71. The van der Waals surface area contributed by atoms with Crippen molar-refractivity contribution in [3.63, 3.8) is 0 Å². The first-order valence-electron chi connectivity index (χ1n) is 3.77. The Balaban J connectivity index is 3.29. The molecule has 5 heteroatoms. The Morgan fingerprint density at radius 3 is 2.47 bits per heavy atom. The van der Waals surface area contributed by atoms with E-state index in [2.05, 4.69) is 0 Å². The Labute approximate surface area is 82.7 Å². The molecule has 1 rings (SSSR count). The van der Waals surface area contributed by atoms with E-state index in [0.717, 1.165) is 12.1 Å². The van der Waals surface area contributed by atoms with Gasteiger partial charge in [-0.15, -0.1) is 0 Å².